The van der Waals surface area contributed by atoms with Gasteiger partial charge < -0.3 is 21.1 Å². The number of carbonyl (C=O) groups is 1. The Kier molecular flexibility index (Phi) is 10.4. The maximum Gasteiger partial charge on any atom is 0.221 e. The lowest BCUT2D eigenvalue weighted by atomic mass is 9.94. The van der Waals surface area contributed by atoms with Gasteiger partial charge in [-0.1, -0.05) is 26.0 Å². The number of amides is 1. The summed E-state index contributed by atoms with van der Waals surface area (Å²) in [6.45, 7) is 10.2. The minimum absolute atomic E-state index is 0.0827. The van der Waals surface area contributed by atoms with Crippen molar-refractivity contribution in [2.24, 2.45) is 16.8 Å². The fraction of sp³-hybridized carbons (Fsp3) is 0.600. The highest BCUT2D eigenvalue weighted by Crippen LogP contribution is 2.14. The van der Waals surface area contributed by atoms with Crippen molar-refractivity contribution in [1.29, 1.82) is 0 Å². The summed E-state index contributed by atoms with van der Waals surface area (Å²) in [6, 6.07) is 7.70. The molecule has 6 nitrogen and oxygen atoms in total. The largest absolute Gasteiger partial charge is 0.396 e. The van der Waals surface area contributed by atoms with Crippen LogP contribution in [-0.4, -0.2) is 36.7 Å². The average Bonchev–Trinajstić information content (AvgIpc) is 2.56. The molecule has 6 heteroatoms. The van der Waals surface area contributed by atoms with Crippen molar-refractivity contribution in [2.45, 2.75) is 47.1 Å². The Morgan fingerprint density at radius 2 is 2.04 bits per heavy atom. The van der Waals surface area contributed by atoms with E-state index in [9.17, 15) is 9.90 Å². The summed E-state index contributed by atoms with van der Waals surface area (Å²) >= 11 is 0. The molecule has 0 aliphatic carbocycles. The summed E-state index contributed by atoms with van der Waals surface area (Å²) in [6.07, 6.45) is 1.87. The third-order valence-corrected chi connectivity index (χ3v) is 3.91. The molecule has 1 aromatic carbocycles. The highest BCUT2D eigenvalue weighted by atomic mass is 16.3. The summed E-state index contributed by atoms with van der Waals surface area (Å²) in [5, 5.41) is 18.7. The Bertz CT molecular complexity index is 573. The van der Waals surface area contributed by atoms with E-state index >= 15 is 0 Å². The predicted molar refractivity (Wildman–Crippen MR) is 108 cm³/mol. The topological polar surface area (TPSA) is 85.8 Å². The molecular formula is C20H34N4O2. The lowest BCUT2D eigenvalue weighted by molar-refractivity contribution is -0.114. The number of nitrogens with zero attached hydrogens (tertiary/aromatic N) is 1. The van der Waals surface area contributed by atoms with Gasteiger partial charge in [0.2, 0.25) is 5.91 Å². The van der Waals surface area contributed by atoms with Gasteiger partial charge in [-0.2, -0.15) is 0 Å². The maximum absolute atomic E-state index is 11.2. The van der Waals surface area contributed by atoms with Gasteiger partial charge >= 0.3 is 0 Å². The molecule has 1 atom stereocenters. The first-order chi connectivity index (χ1) is 12.4. The number of hydrogen-bond acceptors (Lipinski definition) is 3. The van der Waals surface area contributed by atoms with Gasteiger partial charge in [0.25, 0.3) is 0 Å². The Morgan fingerprint density at radius 3 is 2.65 bits per heavy atom. The van der Waals surface area contributed by atoms with Crippen molar-refractivity contribution in [2.75, 3.05) is 25.0 Å². The number of hydrogen-bond donors (Lipinski definition) is 4. The smallest absolute Gasteiger partial charge is 0.221 e. The van der Waals surface area contributed by atoms with Crippen LogP contribution in [0.5, 0.6) is 0 Å². The van der Waals surface area contributed by atoms with Gasteiger partial charge in [-0.15, -0.1) is 0 Å². The van der Waals surface area contributed by atoms with Gasteiger partial charge in [0.1, 0.15) is 0 Å². The normalized spacial score (nSPS) is 12.8. The van der Waals surface area contributed by atoms with Crippen molar-refractivity contribution in [3.63, 3.8) is 0 Å². The van der Waals surface area contributed by atoms with Gasteiger partial charge in [-0.05, 0) is 49.3 Å². The van der Waals surface area contributed by atoms with Crippen LogP contribution in [0.4, 0.5) is 5.69 Å². The van der Waals surface area contributed by atoms with Gasteiger partial charge in [0.05, 0.1) is 6.54 Å². The number of benzene rings is 1. The van der Waals surface area contributed by atoms with E-state index in [1.807, 2.05) is 31.2 Å². The Balaban J connectivity index is 2.68. The minimum Gasteiger partial charge on any atom is -0.396 e. The lowest BCUT2D eigenvalue weighted by Crippen LogP contribution is -2.40. The molecule has 0 aliphatic rings. The molecule has 0 aromatic heterocycles. The SMILES string of the molecule is CCNC(=NCc1cccc(NC(C)=O)c1)NCC(CCO)CC(C)C. The monoisotopic (exact) mass is 362 g/mol. The van der Waals surface area contributed by atoms with Crippen LogP contribution in [0.15, 0.2) is 29.3 Å². The van der Waals surface area contributed by atoms with Crippen molar-refractivity contribution in [3.05, 3.63) is 29.8 Å². The molecule has 146 valence electrons. The van der Waals surface area contributed by atoms with Crippen LogP contribution in [-0.2, 0) is 11.3 Å². The van der Waals surface area contributed by atoms with E-state index in [2.05, 4.69) is 34.8 Å². The summed E-state index contributed by atoms with van der Waals surface area (Å²) in [5.74, 6) is 1.71. The molecule has 0 radical (unpaired) electrons. The summed E-state index contributed by atoms with van der Waals surface area (Å²) < 4.78 is 0. The van der Waals surface area contributed by atoms with Crippen LogP contribution >= 0.6 is 0 Å². The Morgan fingerprint density at radius 1 is 1.27 bits per heavy atom. The Labute approximate surface area is 157 Å². The van der Waals surface area contributed by atoms with E-state index in [1.54, 1.807) is 0 Å². The fourth-order valence-corrected chi connectivity index (χ4v) is 2.86. The van der Waals surface area contributed by atoms with Crippen molar-refractivity contribution >= 4 is 17.6 Å². The number of anilines is 1. The third kappa shape index (κ3) is 9.42. The van der Waals surface area contributed by atoms with Gasteiger partial charge in [0.15, 0.2) is 5.96 Å². The standard InChI is InChI=1S/C20H34N4O2/c1-5-21-20(23-14-18(9-10-25)11-15(2)3)22-13-17-7-6-8-19(12-17)24-16(4)26/h6-8,12,15,18,25H,5,9-11,13-14H2,1-4H3,(H,24,26)(H2,21,22,23). The first-order valence-electron chi connectivity index (χ1n) is 9.44. The molecule has 1 amide bonds. The number of aliphatic imine (C=N–C) groups is 1. The molecule has 0 aliphatic heterocycles. The van der Waals surface area contributed by atoms with Crippen LogP contribution in [0.2, 0.25) is 0 Å². The number of aliphatic hydroxyl groups is 1. The second-order valence-corrected chi connectivity index (χ2v) is 6.97. The molecule has 1 unspecified atom stereocenters. The molecule has 1 rings (SSSR count). The molecular weight excluding hydrogens is 328 g/mol. The van der Waals surface area contributed by atoms with E-state index in [4.69, 9.17) is 0 Å². The highest BCUT2D eigenvalue weighted by Gasteiger charge is 2.11. The molecule has 1 aromatic rings. The van der Waals surface area contributed by atoms with Crippen molar-refractivity contribution in [1.82, 2.24) is 10.6 Å². The fourth-order valence-electron chi connectivity index (χ4n) is 2.86. The molecule has 0 fully saturated rings. The molecule has 0 bridgehead atoms. The van der Waals surface area contributed by atoms with Gasteiger partial charge in [-0.25, -0.2) is 4.99 Å². The highest BCUT2D eigenvalue weighted by molar-refractivity contribution is 5.88. The first-order valence-corrected chi connectivity index (χ1v) is 9.44. The average molecular weight is 363 g/mol. The molecule has 0 saturated heterocycles. The zero-order valence-electron chi connectivity index (χ0n) is 16.5. The number of guanidine groups is 1. The van der Waals surface area contributed by atoms with Crippen LogP contribution in [0.1, 0.15) is 46.1 Å². The molecule has 4 N–H and O–H groups in total. The second kappa shape index (κ2) is 12.3. The Hall–Kier alpha value is -2.08. The van der Waals surface area contributed by atoms with E-state index in [0.29, 0.717) is 18.4 Å². The second-order valence-electron chi connectivity index (χ2n) is 6.97. The van der Waals surface area contributed by atoms with Gasteiger partial charge in [0, 0.05) is 32.3 Å². The maximum atomic E-state index is 11.2. The van der Waals surface area contributed by atoms with Crippen molar-refractivity contribution < 1.29 is 9.90 Å². The van der Waals surface area contributed by atoms with Crippen LogP contribution < -0.4 is 16.0 Å². The number of aliphatic hydroxyl groups excluding tert-OH is 1. The van der Waals surface area contributed by atoms with Crippen LogP contribution in [0.25, 0.3) is 0 Å². The van der Waals surface area contributed by atoms with Crippen LogP contribution in [0, 0.1) is 11.8 Å². The van der Waals surface area contributed by atoms with E-state index in [0.717, 1.165) is 43.1 Å². The van der Waals surface area contributed by atoms with E-state index in [-0.39, 0.29) is 12.5 Å². The van der Waals surface area contributed by atoms with Crippen molar-refractivity contribution in [3.8, 4) is 0 Å². The zero-order chi connectivity index (χ0) is 19.4. The molecule has 0 saturated carbocycles. The third-order valence-electron chi connectivity index (χ3n) is 3.91. The summed E-state index contributed by atoms with van der Waals surface area (Å²) in [7, 11) is 0. The van der Waals surface area contributed by atoms with Crippen LogP contribution in [0.3, 0.4) is 0 Å². The van der Waals surface area contributed by atoms with E-state index < -0.39 is 0 Å². The number of nitrogens with one attached hydrogen (secondary N) is 3. The predicted octanol–water partition coefficient (Wildman–Crippen LogP) is 2.74. The summed E-state index contributed by atoms with van der Waals surface area (Å²) in [4.78, 5) is 15.8. The summed E-state index contributed by atoms with van der Waals surface area (Å²) in [5.41, 5.74) is 1.81. The first kappa shape index (κ1) is 22.0. The quantitative estimate of drug-likeness (QED) is 0.381. The zero-order valence-corrected chi connectivity index (χ0v) is 16.5. The minimum atomic E-state index is -0.0827. The molecule has 0 heterocycles. The lowest BCUT2D eigenvalue weighted by Gasteiger charge is -2.20. The van der Waals surface area contributed by atoms with Gasteiger partial charge in [-0.3, -0.25) is 4.79 Å². The number of rotatable bonds is 10. The molecule has 0 spiro atoms. The number of carbonyl (C=O) groups excluding carboxylic acids is 1. The molecule has 26 heavy (non-hydrogen) atoms. The van der Waals surface area contributed by atoms with E-state index in [1.165, 1.54) is 6.92 Å².